The third-order valence-electron chi connectivity index (χ3n) is 6.16. The highest BCUT2D eigenvalue weighted by Gasteiger charge is 2.47. The quantitative estimate of drug-likeness (QED) is 0.749. The van der Waals surface area contributed by atoms with Crippen molar-refractivity contribution in [1.82, 2.24) is 14.8 Å². The number of nitrogens with one attached hydrogen (secondary N) is 1. The molecule has 2 bridgehead atoms. The monoisotopic (exact) mass is 447 g/mol. The summed E-state index contributed by atoms with van der Waals surface area (Å²) in [5.74, 6) is -2.47. The smallest absolute Gasteiger partial charge is 0.276 e. The number of amides is 2. The summed E-state index contributed by atoms with van der Waals surface area (Å²) >= 11 is 5.97. The van der Waals surface area contributed by atoms with Crippen LogP contribution in [0.25, 0.3) is 0 Å². The Morgan fingerprint density at radius 1 is 1.32 bits per heavy atom. The molecule has 2 N–H and O–H groups in total. The highest BCUT2D eigenvalue weighted by Crippen LogP contribution is 2.38. The van der Waals surface area contributed by atoms with Crippen LogP contribution < -0.4 is 10.7 Å². The van der Waals surface area contributed by atoms with Crippen LogP contribution in [0.4, 0.5) is 4.39 Å². The molecule has 162 valence electrons. The van der Waals surface area contributed by atoms with Crippen molar-refractivity contribution in [2.75, 3.05) is 0 Å². The van der Waals surface area contributed by atoms with Gasteiger partial charge in [-0.1, -0.05) is 17.7 Å². The van der Waals surface area contributed by atoms with E-state index in [9.17, 15) is 23.9 Å². The molecule has 1 saturated heterocycles. The zero-order valence-corrected chi connectivity index (χ0v) is 17.1. The van der Waals surface area contributed by atoms with Crippen molar-refractivity contribution in [3.8, 4) is 5.75 Å². The van der Waals surface area contributed by atoms with Crippen LogP contribution in [0.2, 0.25) is 5.02 Å². The van der Waals surface area contributed by atoms with Crippen LogP contribution in [0.3, 0.4) is 0 Å². The summed E-state index contributed by atoms with van der Waals surface area (Å²) in [6.07, 6.45) is 3.31. The number of aromatic hydroxyl groups is 1. The van der Waals surface area contributed by atoms with Crippen LogP contribution >= 0.6 is 11.6 Å². The number of carbonyl (C=O) groups is 2. The summed E-state index contributed by atoms with van der Waals surface area (Å²) in [4.78, 5) is 40.0. The Balaban J connectivity index is 1.43. The van der Waals surface area contributed by atoms with Gasteiger partial charge in [0.1, 0.15) is 11.4 Å². The minimum atomic E-state index is -0.928. The Kier molecular flexibility index (Phi) is 4.75. The van der Waals surface area contributed by atoms with Gasteiger partial charge in [-0.3, -0.25) is 14.4 Å². The molecule has 10 heteroatoms. The molecule has 8 nitrogen and oxygen atoms in total. The Bertz CT molecular complexity index is 1170. The molecule has 2 aliphatic heterocycles. The first-order valence-corrected chi connectivity index (χ1v) is 10.4. The number of fused-ring (bicyclic) bond motifs is 5. The molecular formula is C21H19ClFN3O5. The third kappa shape index (κ3) is 3.28. The maximum atomic E-state index is 13.2. The maximum absolute atomic E-state index is 13.2. The van der Waals surface area contributed by atoms with Crippen LogP contribution in [-0.4, -0.2) is 44.8 Å². The first-order valence-electron chi connectivity index (χ1n) is 10.00. The van der Waals surface area contributed by atoms with Gasteiger partial charge in [-0.2, -0.15) is 0 Å². The number of carbonyl (C=O) groups excluding carboxylic acids is 2. The third-order valence-corrected chi connectivity index (χ3v) is 6.51. The number of benzene rings is 1. The van der Waals surface area contributed by atoms with Gasteiger partial charge in [-0.15, -0.1) is 0 Å². The van der Waals surface area contributed by atoms with Crippen molar-refractivity contribution in [2.45, 2.75) is 50.7 Å². The molecule has 1 aromatic carbocycles. The normalized spacial score (nSPS) is 24.0. The fourth-order valence-corrected chi connectivity index (χ4v) is 4.88. The first kappa shape index (κ1) is 20.0. The fraction of sp³-hybridized carbons (Fsp3) is 0.381. The number of halogens is 2. The topological polar surface area (TPSA) is 101 Å². The molecular weight excluding hydrogens is 429 g/mol. The van der Waals surface area contributed by atoms with E-state index in [2.05, 4.69) is 5.32 Å². The number of hydrogen-bond donors (Lipinski definition) is 2. The Labute approximate surface area is 181 Å². The SMILES string of the molecule is O=C(NCc1ccc(F)cc1Cl)c1cn2c(c(O)c1=O)C(=O)N1[C@H]3CC[C@H](C3)O[C@@H]1C2. The number of ether oxygens (including phenoxy) is 1. The van der Waals surface area contributed by atoms with Crippen molar-refractivity contribution >= 4 is 23.4 Å². The lowest BCUT2D eigenvalue weighted by molar-refractivity contribution is -0.132. The van der Waals surface area contributed by atoms with Crippen LogP contribution in [-0.2, 0) is 17.8 Å². The Morgan fingerprint density at radius 3 is 2.90 bits per heavy atom. The van der Waals surface area contributed by atoms with Crippen molar-refractivity contribution in [3.63, 3.8) is 0 Å². The predicted molar refractivity (Wildman–Crippen MR) is 107 cm³/mol. The predicted octanol–water partition coefficient (Wildman–Crippen LogP) is 2.01. The van der Waals surface area contributed by atoms with Crippen molar-refractivity contribution in [1.29, 1.82) is 0 Å². The molecule has 2 fully saturated rings. The van der Waals surface area contributed by atoms with Gasteiger partial charge in [0.2, 0.25) is 5.43 Å². The molecule has 3 heterocycles. The average molecular weight is 448 g/mol. The summed E-state index contributed by atoms with van der Waals surface area (Å²) in [5.41, 5.74) is -0.897. The molecule has 31 heavy (non-hydrogen) atoms. The fourth-order valence-electron chi connectivity index (χ4n) is 4.65. The van der Waals surface area contributed by atoms with Gasteiger partial charge in [0.05, 0.1) is 12.6 Å². The van der Waals surface area contributed by atoms with E-state index in [4.69, 9.17) is 16.3 Å². The molecule has 0 radical (unpaired) electrons. The van der Waals surface area contributed by atoms with E-state index < -0.39 is 35.0 Å². The molecule has 3 atom stereocenters. The van der Waals surface area contributed by atoms with Gasteiger partial charge >= 0.3 is 0 Å². The molecule has 0 spiro atoms. The maximum Gasteiger partial charge on any atom is 0.276 e. The van der Waals surface area contributed by atoms with Crippen LogP contribution in [0.15, 0.2) is 29.2 Å². The summed E-state index contributed by atoms with van der Waals surface area (Å²) in [5, 5.41) is 13.2. The van der Waals surface area contributed by atoms with E-state index in [-0.39, 0.29) is 41.5 Å². The van der Waals surface area contributed by atoms with Crippen LogP contribution in [0.1, 0.15) is 45.7 Å². The van der Waals surface area contributed by atoms with Crippen LogP contribution in [0.5, 0.6) is 5.75 Å². The first-order chi connectivity index (χ1) is 14.8. The second kappa shape index (κ2) is 7.35. The van der Waals surface area contributed by atoms with Gasteiger partial charge in [-0.05, 0) is 37.0 Å². The van der Waals surface area contributed by atoms with E-state index >= 15 is 0 Å². The second-order valence-corrected chi connectivity index (χ2v) is 8.44. The standard InChI is InChI=1S/C21H19ClFN3O5/c22-15-5-11(23)2-1-10(15)7-24-20(29)14-8-25-9-16-26(12-3-4-13(6-12)31-16)21(30)17(25)19(28)18(14)27/h1-2,5,8,12-13,16,28H,3-4,6-7,9H2,(H,24,29)/t12-,13+,16+/m0/s1. The number of pyridine rings is 1. The Hall–Kier alpha value is -2.91. The molecule has 2 amide bonds. The number of nitrogens with zero attached hydrogens (tertiary/aromatic N) is 2. The zero-order valence-electron chi connectivity index (χ0n) is 16.3. The number of aromatic nitrogens is 1. The number of hydrogen-bond acceptors (Lipinski definition) is 5. The minimum absolute atomic E-state index is 0.0305. The van der Waals surface area contributed by atoms with Crippen molar-refractivity contribution < 1.29 is 23.8 Å². The summed E-state index contributed by atoms with van der Waals surface area (Å²) in [7, 11) is 0. The van der Waals surface area contributed by atoms with Gasteiger partial charge < -0.3 is 24.6 Å². The van der Waals surface area contributed by atoms with Gasteiger partial charge in [-0.25, -0.2) is 4.39 Å². The van der Waals surface area contributed by atoms with Gasteiger partial charge in [0.25, 0.3) is 11.8 Å². The largest absolute Gasteiger partial charge is 0.503 e. The molecule has 1 saturated carbocycles. The van der Waals surface area contributed by atoms with E-state index in [1.54, 1.807) is 4.90 Å². The van der Waals surface area contributed by atoms with Crippen molar-refractivity contribution in [3.05, 3.63) is 62.3 Å². The van der Waals surface area contributed by atoms with E-state index in [1.165, 1.54) is 22.9 Å². The molecule has 0 unspecified atom stereocenters. The lowest BCUT2D eigenvalue weighted by atomic mass is 10.1. The second-order valence-electron chi connectivity index (χ2n) is 8.03. The van der Waals surface area contributed by atoms with E-state index in [1.807, 2.05) is 0 Å². The molecule has 1 aliphatic carbocycles. The zero-order chi connectivity index (χ0) is 21.9. The average Bonchev–Trinajstić information content (AvgIpc) is 3.10. The lowest BCUT2D eigenvalue weighted by Gasteiger charge is -2.44. The van der Waals surface area contributed by atoms with E-state index in [0.29, 0.717) is 5.56 Å². The number of rotatable bonds is 3. The summed E-state index contributed by atoms with van der Waals surface area (Å²) in [6.45, 7) is 0.174. The van der Waals surface area contributed by atoms with Gasteiger partial charge in [0, 0.05) is 23.8 Å². The minimum Gasteiger partial charge on any atom is -0.503 e. The molecule has 3 aliphatic rings. The Morgan fingerprint density at radius 2 is 2.13 bits per heavy atom. The highest BCUT2D eigenvalue weighted by molar-refractivity contribution is 6.31. The molecule has 5 rings (SSSR count). The molecule has 1 aromatic heterocycles. The lowest BCUT2D eigenvalue weighted by Crippen LogP contribution is -2.57. The van der Waals surface area contributed by atoms with Crippen molar-refractivity contribution in [2.24, 2.45) is 0 Å². The summed E-state index contributed by atoms with van der Waals surface area (Å²) < 4.78 is 20.6. The molecule has 2 aromatic rings. The van der Waals surface area contributed by atoms with Gasteiger partial charge in [0.15, 0.2) is 17.7 Å². The van der Waals surface area contributed by atoms with Crippen LogP contribution in [0, 0.1) is 5.82 Å². The summed E-state index contributed by atoms with van der Waals surface area (Å²) in [6, 6.07) is 3.79. The highest BCUT2D eigenvalue weighted by atomic mass is 35.5. The van der Waals surface area contributed by atoms with E-state index in [0.717, 1.165) is 25.3 Å².